The van der Waals surface area contributed by atoms with Crippen LogP contribution >= 0.6 is 0 Å². The molecule has 0 saturated carbocycles. The van der Waals surface area contributed by atoms with Gasteiger partial charge in [-0.2, -0.15) is 0 Å². The van der Waals surface area contributed by atoms with Crippen LogP contribution in [-0.4, -0.2) is 25.0 Å². The highest BCUT2D eigenvalue weighted by Crippen LogP contribution is 1.99. The van der Waals surface area contributed by atoms with Crippen molar-refractivity contribution < 1.29 is 12.9 Å². The van der Waals surface area contributed by atoms with Gasteiger partial charge in [-0.25, -0.2) is 8.42 Å². The molecule has 1 heterocycles. The molecule has 50 valence electrons. The summed E-state index contributed by atoms with van der Waals surface area (Å²) in [6.45, 7) is 0. The fraction of sp³-hybridized carbons (Fsp3) is 0.333. The Balaban J connectivity index is 3.20. The minimum atomic E-state index is -3.23. The van der Waals surface area contributed by atoms with E-state index in [-0.39, 0.29) is 5.03 Å². The molecule has 0 fully saturated rings. The van der Waals surface area contributed by atoms with Crippen LogP contribution in [0.3, 0.4) is 0 Å². The van der Waals surface area contributed by atoms with Crippen LogP contribution in [0.4, 0.5) is 0 Å². The predicted molar refractivity (Wildman–Crippen MR) is 27.4 cm³/mol. The van der Waals surface area contributed by atoms with Crippen molar-refractivity contribution in [1.82, 2.24) is 10.4 Å². The van der Waals surface area contributed by atoms with Gasteiger partial charge in [0.2, 0.25) is 5.03 Å². The molecule has 1 aromatic rings. The summed E-state index contributed by atoms with van der Waals surface area (Å²) in [4.78, 5) is 0. The van der Waals surface area contributed by atoms with Crippen LogP contribution in [0.15, 0.2) is 15.8 Å². The van der Waals surface area contributed by atoms with Gasteiger partial charge in [0.1, 0.15) is 0 Å². The van der Waals surface area contributed by atoms with Crippen LogP contribution in [-0.2, 0) is 9.84 Å². The summed E-state index contributed by atoms with van der Waals surface area (Å²) >= 11 is 0. The fourth-order valence-electron chi connectivity index (χ4n) is 0.318. The molecule has 1 rings (SSSR count). The van der Waals surface area contributed by atoms with Gasteiger partial charge in [0, 0.05) is 11.5 Å². The lowest BCUT2D eigenvalue weighted by molar-refractivity contribution is 0.392. The second kappa shape index (κ2) is 1.80. The molecule has 0 spiro atoms. The summed E-state index contributed by atoms with van der Waals surface area (Å²) in [5.74, 6) is 0. The average molecular weight is 148 g/mol. The zero-order valence-corrected chi connectivity index (χ0v) is 5.42. The van der Waals surface area contributed by atoms with Gasteiger partial charge in [-0.1, -0.05) is 5.10 Å². The van der Waals surface area contributed by atoms with Crippen LogP contribution in [0.1, 0.15) is 0 Å². The first kappa shape index (κ1) is 6.21. The Kier molecular flexibility index (Phi) is 1.24. The molecule has 0 atom stereocenters. The zero-order valence-electron chi connectivity index (χ0n) is 4.60. The van der Waals surface area contributed by atoms with Crippen LogP contribution in [0.25, 0.3) is 0 Å². The van der Waals surface area contributed by atoms with Gasteiger partial charge in [-0.05, 0) is 0 Å². The second-order valence-corrected chi connectivity index (χ2v) is 3.48. The quantitative estimate of drug-likeness (QED) is 0.535. The lowest BCUT2D eigenvalue weighted by Gasteiger charge is -1.81. The summed E-state index contributed by atoms with van der Waals surface area (Å²) in [6, 6.07) is 0. The van der Waals surface area contributed by atoms with E-state index in [4.69, 9.17) is 0 Å². The molecular formula is C3H4N2O3S. The Bertz CT molecular complexity index is 274. The van der Waals surface area contributed by atoms with Crippen LogP contribution in [0.2, 0.25) is 0 Å². The maximum Gasteiger partial charge on any atom is 0.218 e. The van der Waals surface area contributed by atoms with Gasteiger partial charge in [-0.3, -0.25) is 0 Å². The first-order valence-electron chi connectivity index (χ1n) is 2.08. The Morgan fingerprint density at radius 2 is 2.33 bits per heavy atom. The number of hydrogen-bond acceptors (Lipinski definition) is 5. The summed E-state index contributed by atoms with van der Waals surface area (Å²) in [6.07, 6.45) is 2.02. The number of nitrogens with zero attached hydrogens (tertiary/aromatic N) is 2. The summed E-state index contributed by atoms with van der Waals surface area (Å²) < 4.78 is 25.3. The van der Waals surface area contributed by atoms with Gasteiger partial charge >= 0.3 is 0 Å². The molecule has 0 aromatic carbocycles. The van der Waals surface area contributed by atoms with Gasteiger partial charge in [0.15, 0.2) is 16.1 Å². The Labute approximate surface area is 51.6 Å². The van der Waals surface area contributed by atoms with E-state index >= 15 is 0 Å². The van der Waals surface area contributed by atoms with Crippen molar-refractivity contribution in [3.8, 4) is 0 Å². The van der Waals surface area contributed by atoms with Crippen molar-refractivity contribution in [3.63, 3.8) is 0 Å². The number of sulfone groups is 1. The molecule has 0 aliphatic rings. The molecule has 1 aromatic heterocycles. The standard InChI is InChI=1S/C3H4N2O3S/c1-9(6,7)3-2-8-5-4-3/h2H,1H3. The van der Waals surface area contributed by atoms with Gasteiger partial charge < -0.3 is 4.52 Å². The van der Waals surface area contributed by atoms with E-state index in [0.717, 1.165) is 12.5 Å². The van der Waals surface area contributed by atoms with Crippen molar-refractivity contribution in [2.45, 2.75) is 5.03 Å². The maximum absolute atomic E-state index is 10.5. The van der Waals surface area contributed by atoms with E-state index < -0.39 is 9.84 Å². The molecule has 0 unspecified atom stereocenters. The van der Waals surface area contributed by atoms with E-state index in [0.29, 0.717) is 0 Å². The second-order valence-electron chi connectivity index (χ2n) is 1.52. The van der Waals surface area contributed by atoms with E-state index in [9.17, 15) is 8.42 Å². The molecule has 5 nitrogen and oxygen atoms in total. The highest BCUT2D eigenvalue weighted by molar-refractivity contribution is 7.90. The zero-order chi connectivity index (χ0) is 6.91. The third kappa shape index (κ3) is 1.26. The van der Waals surface area contributed by atoms with E-state index in [1.54, 1.807) is 0 Å². The first-order chi connectivity index (χ1) is 4.11. The number of rotatable bonds is 1. The molecule has 0 bridgehead atoms. The highest BCUT2D eigenvalue weighted by atomic mass is 32.2. The molecule has 0 saturated heterocycles. The Morgan fingerprint density at radius 3 is 2.56 bits per heavy atom. The van der Waals surface area contributed by atoms with Crippen LogP contribution in [0, 0.1) is 0 Å². The number of hydrogen-bond donors (Lipinski definition) is 0. The summed E-state index contributed by atoms with van der Waals surface area (Å²) in [7, 11) is -3.23. The molecule has 0 N–H and O–H groups in total. The number of aromatic nitrogens is 2. The highest BCUT2D eigenvalue weighted by Gasteiger charge is 2.09. The molecule has 0 radical (unpaired) electrons. The first-order valence-corrected chi connectivity index (χ1v) is 3.97. The Morgan fingerprint density at radius 1 is 1.67 bits per heavy atom. The van der Waals surface area contributed by atoms with Crippen LogP contribution < -0.4 is 0 Å². The van der Waals surface area contributed by atoms with Crippen molar-refractivity contribution in [3.05, 3.63) is 6.26 Å². The monoisotopic (exact) mass is 148 g/mol. The molecule has 0 aliphatic heterocycles. The van der Waals surface area contributed by atoms with Gasteiger partial charge in [-0.15, -0.1) is 0 Å². The maximum atomic E-state index is 10.5. The summed E-state index contributed by atoms with van der Waals surface area (Å²) in [5.41, 5.74) is 0. The topological polar surface area (TPSA) is 73.1 Å². The molecule has 0 amide bonds. The predicted octanol–water partition coefficient (Wildman–Crippen LogP) is -0.527. The molecular weight excluding hydrogens is 144 g/mol. The lowest BCUT2D eigenvalue weighted by Crippen LogP contribution is -1.96. The van der Waals surface area contributed by atoms with Crippen molar-refractivity contribution in [2.24, 2.45) is 0 Å². The summed E-state index contributed by atoms with van der Waals surface area (Å²) in [5, 5.41) is 6.03. The smallest absolute Gasteiger partial charge is 0.218 e. The normalized spacial score (nSPS) is 11.7. The van der Waals surface area contributed by atoms with Crippen molar-refractivity contribution >= 4 is 9.84 Å². The largest absolute Gasteiger partial charge is 0.344 e. The van der Waals surface area contributed by atoms with Gasteiger partial charge in [0.05, 0.1) is 0 Å². The van der Waals surface area contributed by atoms with E-state index in [1.165, 1.54) is 0 Å². The molecule has 6 heteroatoms. The third-order valence-corrected chi connectivity index (χ3v) is 1.66. The minimum absolute atomic E-state index is 0.137. The van der Waals surface area contributed by atoms with E-state index in [2.05, 4.69) is 14.9 Å². The lowest BCUT2D eigenvalue weighted by atomic mass is 11.0. The SMILES string of the molecule is CS(=O)(=O)c1conn1. The van der Waals surface area contributed by atoms with Gasteiger partial charge in [0.25, 0.3) is 0 Å². The molecule has 9 heavy (non-hydrogen) atoms. The minimum Gasteiger partial charge on any atom is -0.344 e. The van der Waals surface area contributed by atoms with Crippen molar-refractivity contribution in [1.29, 1.82) is 0 Å². The fourth-order valence-corrected chi connectivity index (χ4v) is 0.717. The Hall–Kier alpha value is -0.910. The average Bonchev–Trinajstić information content (AvgIpc) is 2.08. The van der Waals surface area contributed by atoms with E-state index in [1.807, 2.05) is 0 Å². The third-order valence-electron chi connectivity index (χ3n) is 0.720. The van der Waals surface area contributed by atoms with Crippen molar-refractivity contribution in [2.75, 3.05) is 6.26 Å². The van der Waals surface area contributed by atoms with Crippen LogP contribution in [0.5, 0.6) is 0 Å². The molecule has 0 aliphatic carbocycles.